The highest BCUT2D eigenvalue weighted by Crippen LogP contribution is 2.22. The van der Waals surface area contributed by atoms with Crippen molar-refractivity contribution in [3.63, 3.8) is 0 Å². The number of aromatic amines is 1. The molecular weight excluding hydrogens is 374 g/mol. The lowest BCUT2D eigenvalue weighted by Gasteiger charge is -2.35. The Kier molecular flexibility index (Phi) is 6.07. The molecule has 9 nitrogen and oxygen atoms in total. The van der Waals surface area contributed by atoms with Gasteiger partial charge in [0.25, 0.3) is 5.56 Å². The van der Waals surface area contributed by atoms with Gasteiger partial charge < -0.3 is 19.1 Å². The van der Waals surface area contributed by atoms with E-state index in [0.717, 1.165) is 32.0 Å². The summed E-state index contributed by atoms with van der Waals surface area (Å²) in [5.41, 5.74) is -0.407. The zero-order chi connectivity index (χ0) is 21.2. The topological polar surface area (TPSA) is 104 Å². The normalized spacial score (nSPS) is 16.4. The highest BCUT2D eigenvalue weighted by atomic mass is 16.6. The molecule has 3 heterocycles. The zero-order valence-electron chi connectivity index (χ0n) is 17.7. The van der Waals surface area contributed by atoms with Crippen LogP contribution in [0.5, 0.6) is 6.01 Å². The number of likely N-dealkylation sites (N-methyl/N-ethyl adjacent to an activating group) is 1. The molecule has 0 saturated carbocycles. The molecule has 9 heteroatoms. The Morgan fingerprint density at radius 2 is 1.97 bits per heavy atom. The average molecular weight is 403 g/mol. The maximum Gasteiger partial charge on any atom is 0.337 e. The van der Waals surface area contributed by atoms with Gasteiger partial charge in [-0.05, 0) is 24.4 Å². The number of nitrogens with one attached hydrogen (secondary N) is 1. The Labute approximate surface area is 169 Å². The summed E-state index contributed by atoms with van der Waals surface area (Å²) in [6.07, 6.45) is 1.23. The average Bonchev–Trinajstić information content (AvgIpc) is 2.63. The summed E-state index contributed by atoms with van der Waals surface area (Å²) in [5, 5.41) is 4.57. The fourth-order valence-corrected chi connectivity index (χ4v) is 3.29. The van der Waals surface area contributed by atoms with Crippen molar-refractivity contribution in [2.45, 2.75) is 40.5 Å². The number of rotatable bonds is 4. The van der Waals surface area contributed by atoms with E-state index in [1.54, 1.807) is 0 Å². The van der Waals surface area contributed by atoms with Gasteiger partial charge in [-0.3, -0.25) is 9.78 Å². The molecule has 0 aliphatic carbocycles. The van der Waals surface area contributed by atoms with Crippen LogP contribution in [0.4, 0.5) is 0 Å². The fourth-order valence-electron chi connectivity index (χ4n) is 3.29. The molecule has 29 heavy (non-hydrogen) atoms. The Hall–Kier alpha value is -2.68. The minimum Gasteiger partial charge on any atom is -0.403 e. The van der Waals surface area contributed by atoms with E-state index >= 15 is 0 Å². The highest BCUT2D eigenvalue weighted by Gasteiger charge is 2.23. The smallest absolute Gasteiger partial charge is 0.337 e. The summed E-state index contributed by atoms with van der Waals surface area (Å²) in [4.78, 5) is 40.9. The van der Waals surface area contributed by atoms with Gasteiger partial charge in [0.15, 0.2) is 0 Å². The van der Waals surface area contributed by atoms with Crippen LogP contribution in [0.15, 0.2) is 25.2 Å². The van der Waals surface area contributed by atoms with E-state index in [0.29, 0.717) is 18.4 Å². The van der Waals surface area contributed by atoms with Crippen molar-refractivity contribution in [3.8, 4) is 6.01 Å². The van der Waals surface area contributed by atoms with E-state index in [1.807, 2.05) is 6.92 Å². The summed E-state index contributed by atoms with van der Waals surface area (Å²) in [6, 6.07) is 1.21. The van der Waals surface area contributed by atoms with Crippen LogP contribution in [0.2, 0.25) is 0 Å². The molecule has 0 atom stereocenters. The maximum atomic E-state index is 12.5. The third-order valence-electron chi connectivity index (χ3n) is 4.85. The lowest BCUT2D eigenvalue weighted by molar-refractivity contribution is 0.200. The van der Waals surface area contributed by atoms with Gasteiger partial charge in [0, 0.05) is 38.7 Å². The Morgan fingerprint density at radius 3 is 2.59 bits per heavy atom. The molecule has 1 N–H and O–H groups in total. The predicted molar refractivity (Wildman–Crippen MR) is 111 cm³/mol. The Balaban J connectivity index is 1.93. The molecule has 0 amide bonds. The van der Waals surface area contributed by atoms with E-state index in [1.165, 1.54) is 6.07 Å². The second-order valence-electron chi connectivity index (χ2n) is 8.62. The van der Waals surface area contributed by atoms with Gasteiger partial charge in [-0.1, -0.05) is 32.9 Å². The summed E-state index contributed by atoms with van der Waals surface area (Å²) in [7, 11) is 2.09. The summed E-state index contributed by atoms with van der Waals surface area (Å²) >= 11 is 0. The molecule has 3 rings (SSSR count). The van der Waals surface area contributed by atoms with E-state index < -0.39 is 11.2 Å². The van der Waals surface area contributed by atoms with Gasteiger partial charge in [0.1, 0.15) is 11.2 Å². The first kappa shape index (κ1) is 21.0. The van der Waals surface area contributed by atoms with Gasteiger partial charge in [-0.25, -0.2) is 4.79 Å². The van der Waals surface area contributed by atoms with E-state index in [2.05, 4.69) is 52.7 Å². The monoisotopic (exact) mass is 403 g/mol. The van der Waals surface area contributed by atoms with Crippen LogP contribution < -0.4 is 16.0 Å². The molecule has 158 valence electrons. The fraction of sp³-hybridized carbons (Fsp3) is 0.600. The van der Waals surface area contributed by atoms with Gasteiger partial charge in [0.2, 0.25) is 5.71 Å². The first-order chi connectivity index (χ1) is 13.7. The Bertz CT molecular complexity index is 1010. The quantitative estimate of drug-likeness (QED) is 0.472. The number of piperazine rings is 1. The lowest BCUT2D eigenvalue weighted by atomic mass is 9.91. The summed E-state index contributed by atoms with van der Waals surface area (Å²) in [6.45, 7) is 11.9. The minimum atomic E-state index is -0.548. The number of aryl methyl sites for hydroxylation is 1. The summed E-state index contributed by atoms with van der Waals surface area (Å²) in [5.74, 6) is 0.803. The SMILES string of the molecule is CCc1cc(=O)oc2nc(O/N=C(\CC(C)(C)C)N3CCN(C)CC3)[nH]c(=O)c12. The first-order valence-electron chi connectivity index (χ1n) is 9.90. The van der Waals surface area contributed by atoms with Crippen LogP contribution in [0.1, 0.15) is 39.7 Å². The standard InChI is InChI=1S/C20H29N5O4/c1-6-13-11-15(26)28-18-16(13)17(27)21-19(22-18)29-23-14(12-20(2,3)4)25-9-7-24(5)8-10-25/h11H,6-10,12H2,1-5H3,(H,21,22,27)/b23-14+. The predicted octanol–water partition coefficient (Wildman–Crippen LogP) is 1.81. The number of fused-ring (bicyclic) bond motifs is 1. The van der Waals surface area contributed by atoms with Crippen LogP contribution in [0.3, 0.4) is 0 Å². The van der Waals surface area contributed by atoms with Crippen molar-refractivity contribution >= 4 is 16.9 Å². The zero-order valence-corrected chi connectivity index (χ0v) is 17.7. The maximum absolute atomic E-state index is 12.5. The van der Waals surface area contributed by atoms with Crippen LogP contribution >= 0.6 is 0 Å². The number of aromatic nitrogens is 2. The van der Waals surface area contributed by atoms with Crippen molar-refractivity contribution in [2.24, 2.45) is 10.6 Å². The number of amidine groups is 1. The number of nitrogens with zero attached hydrogens (tertiary/aromatic N) is 4. The summed E-state index contributed by atoms with van der Waals surface area (Å²) < 4.78 is 5.11. The molecule has 1 aliphatic heterocycles. The third-order valence-corrected chi connectivity index (χ3v) is 4.85. The molecule has 0 spiro atoms. The van der Waals surface area contributed by atoms with Gasteiger partial charge in [-0.2, -0.15) is 4.98 Å². The molecule has 1 saturated heterocycles. The molecule has 0 bridgehead atoms. The van der Waals surface area contributed by atoms with Crippen LogP contribution in [0.25, 0.3) is 11.1 Å². The second kappa shape index (κ2) is 8.36. The number of hydrogen-bond donors (Lipinski definition) is 1. The second-order valence-corrected chi connectivity index (χ2v) is 8.62. The lowest BCUT2D eigenvalue weighted by Crippen LogP contribution is -2.48. The molecule has 2 aromatic heterocycles. The van der Waals surface area contributed by atoms with Gasteiger partial charge in [-0.15, -0.1) is 0 Å². The van der Waals surface area contributed by atoms with Gasteiger partial charge in [0.05, 0.1) is 0 Å². The largest absolute Gasteiger partial charge is 0.403 e. The van der Waals surface area contributed by atoms with Crippen LogP contribution in [-0.4, -0.2) is 58.8 Å². The third kappa shape index (κ3) is 5.23. The molecule has 0 aromatic carbocycles. The number of oxime groups is 1. The van der Waals surface area contributed by atoms with E-state index in [9.17, 15) is 9.59 Å². The Morgan fingerprint density at radius 1 is 1.28 bits per heavy atom. The molecular formula is C20H29N5O4. The van der Waals surface area contributed by atoms with Crippen LogP contribution in [-0.2, 0) is 6.42 Å². The number of H-pyrrole nitrogens is 1. The number of hydrogen-bond acceptors (Lipinski definition) is 7. The molecule has 1 aliphatic rings. The molecule has 0 unspecified atom stereocenters. The van der Waals surface area contributed by atoms with Crippen molar-refractivity contribution in [1.82, 2.24) is 19.8 Å². The van der Waals surface area contributed by atoms with Gasteiger partial charge >= 0.3 is 11.6 Å². The molecule has 0 radical (unpaired) electrons. The van der Waals surface area contributed by atoms with Crippen molar-refractivity contribution in [3.05, 3.63) is 32.4 Å². The van der Waals surface area contributed by atoms with E-state index in [4.69, 9.17) is 9.25 Å². The van der Waals surface area contributed by atoms with Crippen molar-refractivity contribution < 1.29 is 9.25 Å². The van der Waals surface area contributed by atoms with Crippen LogP contribution in [0, 0.1) is 5.41 Å². The van der Waals surface area contributed by atoms with Crippen molar-refractivity contribution in [2.75, 3.05) is 33.2 Å². The molecule has 1 fully saturated rings. The van der Waals surface area contributed by atoms with E-state index in [-0.39, 0.29) is 22.5 Å². The first-order valence-corrected chi connectivity index (χ1v) is 9.90. The molecule has 2 aromatic rings. The highest BCUT2D eigenvalue weighted by molar-refractivity contribution is 5.82. The van der Waals surface area contributed by atoms with Crippen molar-refractivity contribution in [1.29, 1.82) is 0 Å². The minimum absolute atomic E-state index is 0.0125.